The molecule has 4 aromatic rings. The fraction of sp³-hybridized carbons (Fsp3) is 0.226. The molecular weight excluding hydrogens is 530 g/mol. The average molecular weight is 559 g/mol. The van der Waals surface area contributed by atoms with Gasteiger partial charge in [0.25, 0.3) is 0 Å². The van der Waals surface area contributed by atoms with Gasteiger partial charge in [0.1, 0.15) is 0 Å². The molecule has 0 N–H and O–H groups in total. The minimum absolute atomic E-state index is 0.126. The van der Waals surface area contributed by atoms with Crippen LogP contribution in [-0.2, 0) is 5.41 Å². The summed E-state index contributed by atoms with van der Waals surface area (Å²) in [5.74, 6) is 0. The third kappa shape index (κ3) is 6.30. The van der Waals surface area contributed by atoms with E-state index in [0.717, 1.165) is 44.5 Å². The zero-order valence-corrected chi connectivity index (χ0v) is 23.1. The molecule has 0 aromatic heterocycles. The Morgan fingerprint density at radius 3 is 1.21 bits per heavy atom. The van der Waals surface area contributed by atoms with Crippen LogP contribution in [0.25, 0.3) is 33.4 Å². The third-order valence-electron chi connectivity index (χ3n) is 7.65. The summed E-state index contributed by atoms with van der Waals surface area (Å²) in [6, 6.07) is 32.1. The normalized spacial score (nSPS) is 14.2. The van der Waals surface area contributed by atoms with Crippen LogP contribution >= 0.6 is 15.9 Å². The van der Waals surface area contributed by atoms with Crippen molar-refractivity contribution in [1.29, 1.82) is 0 Å². The number of hydrogen-bond donors (Lipinski definition) is 0. The highest BCUT2D eigenvalue weighted by molar-refractivity contribution is 7.54. The first kappa shape index (κ1) is 28.0. The Morgan fingerprint density at radius 1 is 0.462 bits per heavy atom. The van der Waals surface area contributed by atoms with Gasteiger partial charge in [0, 0.05) is 17.7 Å². The molecule has 1 aliphatic rings. The van der Waals surface area contributed by atoms with Crippen molar-refractivity contribution < 1.29 is 29.4 Å². The van der Waals surface area contributed by atoms with Crippen molar-refractivity contribution in [2.24, 2.45) is 0 Å². The van der Waals surface area contributed by atoms with Gasteiger partial charge in [-0.05, 0) is 82.3 Å². The molecule has 0 spiro atoms. The van der Waals surface area contributed by atoms with E-state index < -0.39 is 33.6 Å². The van der Waals surface area contributed by atoms with Gasteiger partial charge in [0.2, 0.25) is 0 Å². The van der Waals surface area contributed by atoms with Crippen molar-refractivity contribution in [2.75, 3.05) is 12.3 Å². The molecule has 0 saturated carbocycles. The Bertz CT molecular complexity index is 1320. The van der Waals surface area contributed by atoms with Gasteiger partial charge in [-0.1, -0.05) is 84.9 Å². The van der Waals surface area contributed by atoms with Crippen LogP contribution < -0.4 is 29.4 Å². The van der Waals surface area contributed by atoms with Crippen LogP contribution in [0.3, 0.4) is 0 Å². The van der Waals surface area contributed by atoms with Gasteiger partial charge in [-0.25, -0.2) is 0 Å². The van der Waals surface area contributed by atoms with E-state index in [2.05, 4.69) is 24.3 Å². The maximum atomic E-state index is 11.6. The number of rotatable bonds is 10. The summed E-state index contributed by atoms with van der Waals surface area (Å²) in [5, 5.41) is 0. The fourth-order valence-corrected chi connectivity index (χ4v) is 7.02. The first-order valence-corrected chi connectivity index (χ1v) is 16.4. The second kappa shape index (κ2) is 11.2. The van der Waals surface area contributed by atoms with Crippen molar-refractivity contribution in [3.63, 3.8) is 0 Å². The molecule has 0 bridgehead atoms. The van der Waals surface area contributed by atoms with E-state index in [1.807, 2.05) is 72.8 Å². The smallest absolute Gasteiger partial charge is 0.0426 e. The fourth-order valence-electron chi connectivity index (χ4n) is 5.93. The number of fused-ring (bicyclic) bond motifs is 3. The van der Waals surface area contributed by atoms with Crippen LogP contribution in [0.1, 0.15) is 36.8 Å². The zero-order chi connectivity index (χ0) is 27.7. The molecule has 0 aliphatic heterocycles. The molecule has 4 aromatic carbocycles. The standard InChI is InChI=1S/C31H32O6P2/c32-38(33,34)19-7-17-31(18-8-20-39(35,36)37)29-21-25(23-9-3-1-4-10-23)13-15-27(29)28-16-14-26(22-30(28)31)24-11-5-2-6-12-24/h1-6,9-16,21-22H,7-8,17-20H2,(H2,32,33,34)(H2,35,36,37)/p-4. The van der Waals surface area contributed by atoms with Gasteiger partial charge in [0.15, 0.2) is 0 Å². The summed E-state index contributed by atoms with van der Waals surface area (Å²) < 4.78 is 0. The van der Waals surface area contributed by atoms with Crippen LogP contribution in [0.15, 0.2) is 97.1 Å². The molecule has 202 valence electrons. The molecular formula is C31H28O6P2-4. The van der Waals surface area contributed by atoms with Crippen LogP contribution in [0, 0.1) is 0 Å². The molecule has 0 fully saturated rings. The summed E-state index contributed by atoms with van der Waals surface area (Å²) in [5.41, 5.74) is 7.13. The quantitative estimate of drug-likeness (QED) is 0.274. The predicted octanol–water partition coefficient (Wildman–Crippen LogP) is 2.53. The Labute approximate surface area is 230 Å². The van der Waals surface area contributed by atoms with Crippen LogP contribution in [0.4, 0.5) is 0 Å². The van der Waals surface area contributed by atoms with E-state index in [1.165, 1.54) is 0 Å². The Morgan fingerprint density at radius 2 is 0.846 bits per heavy atom. The summed E-state index contributed by atoms with van der Waals surface area (Å²) in [7, 11) is -9.47. The van der Waals surface area contributed by atoms with Gasteiger partial charge >= 0.3 is 0 Å². The Balaban J connectivity index is 1.67. The lowest BCUT2D eigenvalue weighted by Crippen LogP contribution is -2.36. The second-order valence-corrected chi connectivity index (χ2v) is 13.5. The Hall–Kier alpha value is -2.50. The van der Waals surface area contributed by atoms with E-state index in [4.69, 9.17) is 0 Å². The lowest BCUT2D eigenvalue weighted by molar-refractivity contribution is -0.429. The van der Waals surface area contributed by atoms with Crippen molar-refractivity contribution in [1.82, 2.24) is 0 Å². The van der Waals surface area contributed by atoms with Crippen molar-refractivity contribution >= 4 is 15.9 Å². The molecule has 39 heavy (non-hydrogen) atoms. The molecule has 0 amide bonds. The van der Waals surface area contributed by atoms with Crippen LogP contribution in [0.2, 0.25) is 0 Å². The largest absolute Gasteiger partial charge is 0.688 e. The minimum Gasteiger partial charge on any atom is -0.688 e. The molecule has 0 atom stereocenters. The third-order valence-corrected chi connectivity index (χ3v) is 9.37. The second-order valence-electron chi connectivity index (χ2n) is 10.2. The van der Waals surface area contributed by atoms with Crippen molar-refractivity contribution in [3.05, 3.63) is 108 Å². The van der Waals surface area contributed by atoms with Gasteiger partial charge in [-0.2, -0.15) is 15.9 Å². The molecule has 0 saturated heterocycles. The van der Waals surface area contributed by atoms with Crippen LogP contribution in [0.5, 0.6) is 0 Å². The first-order chi connectivity index (χ1) is 18.6. The summed E-state index contributed by atoms with van der Waals surface area (Å²) in [4.78, 5) is 69.5. The van der Waals surface area contributed by atoms with Gasteiger partial charge in [0.05, 0.1) is 0 Å². The van der Waals surface area contributed by atoms with E-state index in [0.29, 0.717) is 12.8 Å². The molecule has 0 heterocycles. The van der Waals surface area contributed by atoms with Gasteiger partial charge < -0.3 is 29.4 Å². The van der Waals surface area contributed by atoms with E-state index in [-0.39, 0.29) is 12.8 Å². The lowest BCUT2D eigenvalue weighted by atomic mass is 9.71. The maximum absolute atomic E-state index is 11.6. The molecule has 6 nitrogen and oxygen atoms in total. The average Bonchev–Trinajstić information content (AvgIpc) is 3.17. The minimum atomic E-state index is -4.73. The topological polar surface area (TPSA) is 138 Å². The maximum Gasteiger partial charge on any atom is 0.0426 e. The van der Waals surface area contributed by atoms with Crippen molar-refractivity contribution in [2.45, 2.75) is 31.1 Å². The highest BCUT2D eigenvalue weighted by atomic mass is 31.2. The first-order valence-electron chi connectivity index (χ1n) is 13.0. The Kier molecular flexibility index (Phi) is 8.03. The number of benzene rings is 4. The van der Waals surface area contributed by atoms with Gasteiger partial charge in [-0.3, -0.25) is 0 Å². The van der Waals surface area contributed by atoms with E-state index in [9.17, 15) is 29.4 Å². The summed E-state index contributed by atoms with van der Waals surface area (Å²) in [6.07, 6.45) is -0.0586. The predicted molar refractivity (Wildman–Crippen MR) is 146 cm³/mol. The lowest BCUT2D eigenvalue weighted by Gasteiger charge is -2.44. The summed E-state index contributed by atoms with van der Waals surface area (Å²) >= 11 is 0. The van der Waals surface area contributed by atoms with E-state index >= 15 is 0 Å². The molecule has 8 heteroatoms. The molecule has 1 aliphatic carbocycles. The molecule has 5 rings (SSSR count). The zero-order valence-electron chi connectivity index (χ0n) is 21.3. The van der Waals surface area contributed by atoms with Gasteiger partial charge in [-0.15, -0.1) is 0 Å². The SMILES string of the molecule is [O-][P+]([O-])([O-])CCCC1(CCC[P+]([O-])([O-])[O-])c2cc(-c3ccccc3)ccc2-c2ccc(-c3ccccc3)cc21. The molecule has 0 radical (unpaired) electrons. The highest BCUT2D eigenvalue weighted by Gasteiger charge is 2.43. The summed E-state index contributed by atoms with van der Waals surface area (Å²) in [6.45, 7) is 0. The van der Waals surface area contributed by atoms with Crippen molar-refractivity contribution in [3.8, 4) is 33.4 Å². The van der Waals surface area contributed by atoms with E-state index in [1.54, 1.807) is 0 Å². The molecule has 0 unspecified atom stereocenters. The van der Waals surface area contributed by atoms with Crippen LogP contribution in [-0.4, -0.2) is 12.3 Å². The monoisotopic (exact) mass is 558 g/mol. The highest BCUT2D eigenvalue weighted by Crippen LogP contribution is 2.56. The number of hydrogen-bond acceptors (Lipinski definition) is 6.